The van der Waals surface area contributed by atoms with E-state index in [1.165, 1.54) is 25.3 Å². The van der Waals surface area contributed by atoms with E-state index in [0.717, 1.165) is 0 Å². The van der Waals surface area contributed by atoms with Crippen LogP contribution < -0.4 is 4.74 Å². The zero-order valence-corrected chi connectivity index (χ0v) is 13.0. The Labute approximate surface area is 133 Å². The fourth-order valence-corrected chi connectivity index (χ4v) is 1.98. The van der Waals surface area contributed by atoms with Crippen LogP contribution in [-0.2, 0) is 11.2 Å². The van der Waals surface area contributed by atoms with Gasteiger partial charge in [-0.3, -0.25) is 4.79 Å². The van der Waals surface area contributed by atoms with E-state index < -0.39 is 5.97 Å². The summed E-state index contributed by atoms with van der Waals surface area (Å²) in [5.74, 6) is -0.207. The van der Waals surface area contributed by atoms with E-state index in [0.29, 0.717) is 24.5 Å². The predicted octanol–water partition coefficient (Wildman–Crippen LogP) is 2.99. The molecule has 2 aromatic rings. The van der Waals surface area contributed by atoms with E-state index in [9.17, 15) is 14.7 Å². The van der Waals surface area contributed by atoms with Gasteiger partial charge >= 0.3 is 5.97 Å². The van der Waals surface area contributed by atoms with Gasteiger partial charge in [0.1, 0.15) is 17.3 Å². The maximum Gasteiger partial charge on any atom is 0.374 e. The summed E-state index contributed by atoms with van der Waals surface area (Å²) in [7, 11) is 1.47. The van der Waals surface area contributed by atoms with Gasteiger partial charge in [0.15, 0.2) is 5.78 Å². The summed E-state index contributed by atoms with van der Waals surface area (Å²) in [5.41, 5.74) is 0.164. The van der Waals surface area contributed by atoms with Crippen LogP contribution >= 0.6 is 0 Å². The molecule has 2 rings (SSSR count). The molecule has 0 atom stereocenters. The summed E-state index contributed by atoms with van der Waals surface area (Å²) in [4.78, 5) is 23.9. The maximum absolute atomic E-state index is 12.2. The third kappa shape index (κ3) is 4.12. The summed E-state index contributed by atoms with van der Waals surface area (Å²) in [6.07, 6.45) is 0.648. The standard InChI is InChI=1S/C17H18O6/c1-3-8-22-17(20)16-7-5-12(23-16)10-15(19)13-6-4-11(21-2)9-14(13)18/h4-7,9,18H,3,8,10H2,1-2H3. The lowest BCUT2D eigenvalue weighted by Gasteiger charge is -2.05. The van der Waals surface area contributed by atoms with Crippen molar-refractivity contribution in [2.45, 2.75) is 19.8 Å². The maximum atomic E-state index is 12.2. The molecular formula is C17H18O6. The summed E-state index contributed by atoms with van der Waals surface area (Å²) in [6.45, 7) is 2.20. The first-order chi connectivity index (χ1) is 11.0. The highest BCUT2D eigenvalue weighted by Gasteiger charge is 2.17. The van der Waals surface area contributed by atoms with Crippen molar-refractivity contribution in [2.24, 2.45) is 0 Å². The van der Waals surface area contributed by atoms with Crippen LogP contribution in [0.3, 0.4) is 0 Å². The summed E-state index contributed by atoms with van der Waals surface area (Å²) >= 11 is 0. The van der Waals surface area contributed by atoms with Crippen LogP contribution in [0, 0.1) is 0 Å². The molecule has 0 radical (unpaired) electrons. The smallest absolute Gasteiger partial charge is 0.374 e. The van der Waals surface area contributed by atoms with E-state index in [-0.39, 0.29) is 29.3 Å². The van der Waals surface area contributed by atoms with Crippen molar-refractivity contribution >= 4 is 11.8 Å². The van der Waals surface area contributed by atoms with Crippen molar-refractivity contribution in [2.75, 3.05) is 13.7 Å². The Morgan fingerprint density at radius 3 is 2.65 bits per heavy atom. The van der Waals surface area contributed by atoms with Gasteiger partial charge in [-0.05, 0) is 30.7 Å². The molecule has 0 amide bonds. The number of hydrogen-bond donors (Lipinski definition) is 1. The second-order valence-electron chi connectivity index (χ2n) is 4.88. The SMILES string of the molecule is CCCOC(=O)c1ccc(CC(=O)c2ccc(OC)cc2O)o1. The monoisotopic (exact) mass is 318 g/mol. The number of furan rings is 1. The lowest BCUT2D eigenvalue weighted by molar-refractivity contribution is 0.0466. The number of esters is 1. The Hall–Kier alpha value is -2.76. The van der Waals surface area contributed by atoms with Crippen LogP contribution in [-0.4, -0.2) is 30.6 Å². The molecule has 1 aromatic heterocycles. The zero-order chi connectivity index (χ0) is 16.8. The number of phenols is 1. The second kappa shape index (κ2) is 7.49. The highest BCUT2D eigenvalue weighted by atomic mass is 16.5. The van der Waals surface area contributed by atoms with Crippen LogP contribution in [0.1, 0.15) is 40.0 Å². The van der Waals surface area contributed by atoms with Gasteiger partial charge in [0, 0.05) is 6.07 Å². The first-order valence-electron chi connectivity index (χ1n) is 7.21. The third-order valence-corrected chi connectivity index (χ3v) is 3.14. The second-order valence-corrected chi connectivity index (χ2v) is 4.88. The van der Waals surface area contributed by atoms with Crippen molar-refractivity contribution in [3.8, 4) is 11.5 Å². The van der Waals surface area contributed by atoms with Crippen LogP contribution in [0.5, 0.6) is 11.5 Å². The zero-order valence-electron chi connectivity index (χ0n) is 13.0. The fourth-order valence-electron chi connectivity index (χ4n) is 1.98. The molecule has 0 fully saturated rings. The highest BCUT2D eigenvalue weighted by Crippen LogP contribution is 2.25. The number of Topliss-reactive ketones (excluding diaryl/α,β-unsaturated/α-hetero) is 1. The molecule has 0 aliphatic rings. The van der Waals surface area contributed by atoms with Gasteiger partial charge in [0.2, 0.25) is 5.76 Å². The van der Waals surface area contributed by atoms with E-state index in [1.807, 2.05) is 6.92 Å². The van der Waals surface area contributed by atoms with Crippen LogP contribution in [0.4, 0.5) is 0 Å². The molecule has 0 saturated heterocycles. The number of methoxy groups -OCH3 is 1. The fraction of sp³-hybridized carbons (Fsp3) is 0.294. The third-order valence-electron chi connectivity index (χ3n) is 3.14. The van der Waals surface area contributed by atoms with Crippen molar-refractivity contribution in [3.63, 3.8) is 0 Å². The Morgan fingerprint density at radius 1 is 1.22 bits per heavy atom. The average molecular weight is 318 g/mol. The Kier molecular flexibility index (Phi) is 5.41. The van der Waals surface area contributed by atoms with Crippen LogP contribution in [0.15, 0.2) is 34.7 Å². The van der Waals surface area contributed by atoms with Crippen molar-refractivity contribution in [1.82, 2.24) is 0 Å². The number of carbonyl (C=O) groups is 2. The molecular weight excluding hydrogens is 300 g/mol. The van der Waals surface area contributed by atoms with Gasteiger partial charge < -0.3 is 19.0 Å². The van der Waals surface area contributed by atoms with Gasteiger partial charge in [0.25, 0.3) is 0 Å². The molecule has 0 spiro atoms. The number of ketones is 1. The first kappa shape index (κ1) is 16.6. The minimum atomic E-state index is -0.558. The Morgan fingerprint density at radius 2 is 2.00 bits per heavy atom. The lowest BCUT2D eigenvalue weighted by atomic mass is 10.1. The number of carbonyl (C=O) groups excluding carboxylic acids is 2. The molecule has 0 saturated carbocycles. The Bertz CT molecular complexity index is 701. The number of ether oxygens (including phenoxy) is 2. The van der Waals surface area contributed by atoms with Gasteiger partial charge in [-0.1, -0.05) is 6.92 Å². The molecule has 1 N–H and O–H groups in total. The molecule has 0 aliphatic carbocycles. The number of benzene rings is 1. The van der Waals surface area contributed by atoms with Gasteiger partial charge in [-0.2, -0.15) is 0 Å². The number of phenolic OH excluding ortho intramolecular Hbond substituents is 1. The minimum absolute atomic E-state index is 0.0557. The largest absolute Gasteiger partial charge is 0.507 e. The molecule has 0 unspecified atom stereocenters. The van der Waals surface area contributed by atoms with Gasteiger partial charge in [-0.25, -0.2) is 4.79 Å². The summed E-state index contributed by atoms with van der Waals surface area (Å²) < 4.78 is 15.2. The van der Waals surface area contributed by atoms with Gasteiger partial charge in [-0.15, -0.1) is 0 Å². The number of aromatic hydroxyl groups is 1. The molecule has 0 aliphatic heterocycles. The quantitative estimate of drug-likeness (QED) is 0.624. The topological polar surface area (TPSA) is 86.0 Å². The van der Waals surface area contributed by atoms with Crippen molar-refractivity contribution < 1.29 is 28.6 Å². The molecule has 1 heterocycles. The normalized spacial score (nSPS) is 10.3. The molecule has 23 heavy (non-hydrogen) atoms. The molecule has 0 bridgehead atoms. The Balaban J connectivity index is 2.06. The molecule has 122 valence electrons. The van der Waals surface area contributed by atoms with Crippen molar-refractivity contribution in [1.29, 1.82) is 0 Å². The molecule has 6 heteroatoms. The average Bonchev–Trinajstić information content (AvgIpc) is 3.00. The van der Waals surface area contributed by atoms with E-state index in [4.69, 9.17) is 13.9 Å². The van der Waals surface area contributed by atoms with E-state index >= 15 is 0 Å². The lowest BCUT2D eigenvalue weighted by Crippen LogP contribution is -2.05. The molecule has 1 aromatic carbocycles. The van der Waals surface area contributed by atoms with E-state index in [1.54, 1.807) is 12.1 Å². The summed E-state index contributed by atoms with van der Waals surface area (Å²) in [5, 5.41) is 9.86. The number of hydrogen-bond acceptors (Lipinski definition) is 6. The first-order valence-corrected chi connectivity index (χ1v) is 7.21. The molecule has 6 nitrogen and oxygen atoms in total. The predicted molar refractivity (Wildman–Crippen MR) is 82.0 cm³/mol. The van der Waals surface area contributed by atoms with Crippen LogP contribution in [0.2, 0.25) is 0 Å². The van der Waals surface area contributed by atoms with E-state index in [2.05, 4.69) is 0 Å². The summed E-state index contributed by atoms with van der Waals surface area (Å²) in [6, 6.07) is 7.44. The highest BCUT2D eigenvalue weighted by molar-refractivity contribution is 5.99. The minimum Gasteiger partial charge on any atom is -0.507 e. The number of rotatable bonds is 7. The van der Waals surface area contributed by atoms with Crippen LogP contribution in [0.25, 0.3) is 0 Å². The van der Waals surface area contributed by atoms with Gasteiger partial charge in [0.05, 0.1) is 25.7 Å². The van der Waals surface area contributed by atoms with Crippen molar-refractivity contribution in [3.05, 3.63) is 47.4 Å².